The second kappa shape index (κ2) is 9.03. The average molecular weight is 327 g/mol. The van der Waals surface area contributed by atoms with Gasteiger partial charge in [-0.2, -0.15) is 0 Å². The maximum Gasteiger partial charge on any atom is 0.238 e. The molecule has 0 spiro atoms. The van der Waals surface area contributed by atoms with E-state index < -0.39 is 0 Å². The first-order valence-corrected chi connectivity index (χ1v) is 7.44. The number of carbonyl (C=O) groups excluding carboxylic acids is 1. The summed E-state index contributed by atoms with van der Waals surface area (Å²) in [5.74, 6) is 4.14. The van der Waals surface area contributed by atoms with Gasteiger partial charge in [-0.15, -0.1) is 18.2 Å². The zero-order chi connectivity index (χ0) is 13.2. The van der Waals surface area contributed by atoms with Gasteiger partial charge < -0.3 is 10.6 Å². The molecule has 0 fully saturated rings. The van der Waals surface area contributed by atoms with Crippen molar-refractivity contribution in [1.29, 1.82) is 0 Å². The van der Waals surface area contributed by atoms with Gasteiger partial charge in [-0.05, 0) is 24.3 Å². The summed E-state index contributed by atoms with van der Waals surface area (Å²) in [6.07, 6.45) is 5.13. The molecule has 0 unspecified atom stereocenters. The third kappa shape index (κ3) is 6.70. The molecule has 0 bridgehead atoms. The lowest BCUT2D eigenvalue weighted by Gasteiger charge is -2.06. The maximum atomic E-state index is 11.6. The van der Waals surface area contributed by atoms with Gasteiger partial charge in [-0.3, -0.25) is 4.79 Å². The van der Waals surface area contributed by atoms with Crippen LogP contribution in [0.2, 0.25) is 0 Å². The summed E-state index contributed by atoms with van der Waals surface area (Å²) in [7, 11) is 0. The van der Waals surface area contributed by atoms with Crippen LogP contribution in [0.3, 0.4) is 0 Å². The van der Waals surface area contributed by atoms with E-state index in [1.165, 1.54) is 0 Å². The molecule has 0 atom stereocenters. The molecule has 2 N–H and O–H groups in total. The number of hydrogen-bond acceptors (Lipinski definition) is 3. The quantitative estimate of drug-likeness (QED) is 0.597. The summed E-state index contributed by atoms with van der Waals surface area (Å²) in [6, 6.07) is 7.48. The molecular weight excluding hydrogens is 312 g/mol. The second-order valence-corrected chi connectivity index (χ2v) is 5.51. The lowest BCUT2D eigenvalue weighted by molar-refractivity contribution is -0.115. The highest BCUT2D eigenvalue weighted by Gasteiger charge is 2.01. The number of thioether (sulfide) groups is 1. The Labute approximate surface area is 120 Å². The molecule has 3 nitrogen and oxygen atoms in total. The van der Waals surface area contributed by atoms with Crippen LogP contribution in [0.4, 0.5) is 5.69 Å². The second-order valence-electron chi connectivity index (χ2n) is 3.49. The van der Waals surface area contributed by atoms with Crippen LogP contribution < -0.4 is 10.6 Å². The van der Waals surface area contributed by atoms with E-state index in [0.717, 1.165) is 22.5 Å². The maximum absolute atomic E-state index is 11.6. The number of anilines is 1. The van der Waals surface area contributed by atoms with E-state index in [-0.39, 0.29) is 5.91 Å². The van der Waals surface area contributed by atoms with Gasteiger partial charge in [0.2, 0.25) is 5.91 Å². The van der Waals surface area contributed by atoms with Crippen molar-refractivity contribution in [3.05, 3.63) is 28.7 Å². The van der Waals surface area contributed by atoms with Gasteiger partial charge in [0.15, 0.2) is 0 Å². The first-order chi connectivity index (χ1) is 8.72. The normalized spacial score (nSPS) is 9.78. The smallest absolute Gasteiger partial charge is 0.238 e. The molecule has 1 amide bonds. The lowest BCUT2D eigenvalue weighted by atomic mass is 10.3. The first-order valence-electron chi connectivity index (χ1n) is 5.49. The molecular formula is C13H15BrN2OS. The van der Waals surface area contributed by atoms with E-state index in [9.17, 15) is 4.79 Å². The van der Waals surface area contributed by atoms with E-state index >= 15 is 0 Å². The van der Waals surface area contributed by atoms with Crippen LogP contribution >= 0.6 is 27.7 Å². The molecule has 1 aromatic rings. The monoisotopic (exact) mass is 326 g/mol. The Kier molecular flexibility index (Phi) is 7.58. The van der Waals surface area contributed by atoms with Crippen LogP contribution in [-0.2, 0) is 4.79 Å². The van der Waals surface area contributed by atoms with Crippen LogP contribution in [0.15, 0.2) is 28.7 Å². The zero-order valence-corrected chi connectivity index (χ0v) is 12.3. The fraction of sp³-hybridized carbons (Fsp3) is 0.308. The highest BCUT2D eigenvalue weighted by Crippen LogP contribution is 2.13. The predicted molar refractivity (Wildman–Crippen MR) is 81.8 cm³/mol. The average Bonchev–Trinajstić information content (AvgIpc) is 2.36. The Morgan fingerprint density at radius 1 is 1.39 bits per heavy atom. The molecule has 5 heteroatoms. The molecule has 96 valence electrons. The van der Waals surface area contributed by atoms with Crippen LogP contribution in [-0.4, -0.2) is 30.5 Å². The van der Waals surface area contributed by atoms with Gasteiger partial charge in [0.25, 0.3) is 0 Å². The van der Waals surface area contributed by atoms with Crippen molar-refractivity contribution < 1.29 is 4.79 Å². The van der Waals surface area contributed by atoms with Gasteiger partial charge in [0, 0.05) is 22.5 Å². The molecule has 1 rings (SSSR count). The fourth-order valence-corrected chi connectivity index (χ4v) is 2.03. The zero-order valence-electron chi connectivity index (χ0n) is 9.91. The molecule has 18 heavy (non-hydrogen) atoms. The molecule has 0 radical (unpaired) electrons. The number of carbonyl (C=O) groups is 1. The third-order valence-corrected chi connectivity index (χ3v) is 3.41. The van der Waals surface area contributed by atoms with Crippen molar-refractivity contribution in [1.82, 2.24) is 5.32 Å². The SMILES string of the molecule is C#CCSCCNCC(=O)Nc1ccc(Br)cc1. The number of halogens is 1. The number of terminal acetylenes is 1. The van der Waals surface area contributed by atoms with Crippen LogP contribution in [0.5, 0.6) is 0 Å². The van der Waals surface area contributed by atoms with E-state index in [1.807, 2.05) is 24.3 Å². The van der Waals surface area contributed by atoms with Gasteiger partial charge in [0.05, 0.1) is 12.3 Å². The summed E-state index contributed by atoms with van der Waals surface area (Å²) in [6.45, 7) is 1.09. The molecule has 0 heterocycles. The Hall–Kier alpha value is -0.960. The minimum atomic E-state index is -0.0423. The highest BCUT2D eigenvalue weighted by molar-refractivity contribution is 9.10. The lowest BCUT2D eigenvalue weighted by Crippen LogP contribution is -2.29. The van der Waals surface area contributed by atoms with Gasteiger partial charge >= 0.3 is 0 Å². The van der Waals surface area contributed by atoms with Gasteiger partial charge in [0.1, 0.15) is 0 Å². The largest absolute Gasteiger partial charge is 0.325 e. The minimum Gasteiger partial charge on any atom is -0.325 e. The minimum absolute atomic E-state index is 0.0423. The van der Waals surface area contributed by atoms with E-state index in [4.69, 9.17) is 6.42 Å². The summed E-state index contributed by atoms with van der Waals surface area (Å²) < 4.78 is 0.990. The molecule has 0 saturated heterocycles. The molecule has 1 aromatic carbocycles. The predicted octanol–water partition coefficient (Wildman–Crippen LogP) is 2.34. The summed E-state index contributed by atoms with van der Waals surface area (Å²) >= 11 is 5.02. The molecule has 0 aromatic heterocycles. The van der Waals surface area contributed by atoms with E-state index in [2.05, 4.69) is 32.5 Å². The number of hydrogen-bond donors (Lipinski definition) is 2. The van der Waals surface area contributed by atoms with Crippen molar-refractivity contribution in [3.8, 4) is 12.3 Å². The van der Waals surface area contributed by atoms with Crippen molar-refractivity contribution in [3.63, 3.8) is 0 Å². The number of nitrogens with one attached hydrogen (secondary N) is 2. The summed E-state index contributed by atoms with van der Waals surface area (Å²) in [5.41, 5.74) is 0.798. The van der Waals surface area contributed by atoms with Crippen LogP contribution in [0.25, 0.3) is 0 Å². The van der Waals surface area contributed by atoms with Gasteiger partial charge in [-0.1, -0.05) is 21.9 Å². The summed E-state index contributed by atoms with van der Waals surface area (Å²) in [4.78, 5) is 11.6. The number of amides is 1. The van der Waals surface area contributed by atoms with Crippen molar-refractivity contribution in [2.45, 2.75) is 0 Å². The Bertz CT molecular complexity index is 414. The molecule has 0 aliphatic heterocycles. The standard InChI is InChI=1S/C13H15BrN2OS/c1-2-8-18-9-7-15-10-13(17)16-12-5-3-11(14)4-6-12/h1,3-6,15H,7-10H2,(H,16,17). The molecule has 0 saturated carbocycles. The Morgan fingerprint density at radius 2 is 2.11 bits per heavy atom. The Balaban J connectivity index is 2.14. The van der Waals surface area contributed by atoms with Crippen molar-refractivity contribution in [2.75, 3.05) is 29.9 Å². The van der Waals surface area contributed by atoms with Crippen LogP contribution in [0.1, 0.15) is 0 Å². The summed E-state index contributed by atoms with van der Waals surface area (Å²) in [5, 5.41) is 5.87. The molecule has 0 aliphatic carbocycles. The van der Waals surface area contributed by atoms with Gasteiger partial charge in [-0.25, -0.2) is 0 Å². The number of benzene rings is 1. The van der Waals surface area contributed by atoms with Crippen molar-refractivity contribution in [2.24, 2.45) is 0 Å². The van der Waals surface area contributed by atoms with E-state index in [1.54, 1.807) is 11.8 Å². The van der Waals surface area contributed by atoms with Crippen molar-refractivity contribution >= 4 is 39.3 Å². The Morgan fingerprint density at radius 3 is 2.78 bits per heavy atom. The number of rotatable bonds is 7. The topological polar surface area (TPSA) is 41.1 Å². The van der Waals surface area contributed by atoms with E-state index in [0.29, 0.717) is 12.3 Å². The fourth-order valence-electron chi connectivity index (χ4n) is 1.22. The third-order valence-electron chi connectivity index (χ3n) is 2.02. The molecule has 0 aliphatic rings. The highest BCUT2D eigenvalue weighted by atomic mass is 79.9. The first kappa shape index (κ1) is 15.1. The van der Waals surface area contributed by atoms with Crippen LogP contribution in [0, 0.1) is 12.3 Å².